The van der Waals surface area contributed by atoms with Gasteiger partial charge in [-0.1, -0.05) is 17.3 Å². The number of oxime groups is 1. The molecule has 0 saturated carbocycles. The fourth-order valence-electron chi connectivity index (χ4n) is 4.17. The molecule has 9 nitrogen and oxygen atoms in total. The molecule has 1 aliphatic carbocycles. The lowest BCUT2D eigenvalue weighted by molar-refractivity contribution is -0.142. The third kappa shape index (κ3) is 3.30. The molecule has 1 saturated heterocycles. The van der Waals surface area contributed by atoms with E-state index in [0.717, 1.165) is 35.3 Å². The summed E-state index contributed by atoms with van der Waals surface area (Å²) in [7, 11) is 0. The van der Waals surface area contributed by atoms with Crippen molar-refractivity contribution in [1.29, 1.82) is 0 Å². The molecule has 0 spiro atoms. The van der Waals surface area contributed by atoms with E-state index in [2.05, 4.69) is 10.5 Å². The highest BCUT2D eigenvalue weighted by Crippen LogP contribution is 2.33. The number of furan rings is 1. The summed E-state index contributed by atoms with van der Waals surface area (Å²) in [5.74, 6) is -1.85. The Morgan fingerprint density at radius 3 is 2.73 bits per heavy atom. The molecule has 0 bridgehead atoms. The molecule has 2 aliphatic rings. The summed E-state index contributed by atoms with van der Waals surface area (Å²) in [6, 6.07) is 4.75. The maximum Gasteiger partial charge on any atom is 0.325 e. The Labute approximate surface area is 172 Å². The van der Waals surface area contributed by atoms with E-state index in [1.807, 2.05) is 6.07 Å². The van der Waals surface area contributed by atoms with E-state index in [-0.39, 0.29) is 18.7 Å². The molecule has 1 aliphatic heterocycles. The van der Waals surface area contributed by atoms with Gasteiger partial charge in [-0.3, -0.25) is 14.5 Å². The second kappa shape index (κ2) is 7.16. The van der Waals surface area contributed by atoms with Crippen molar-refractivity contribution < 1.29 is 29.1 Å². The molecule has 1 aromatic heterocycles. The Bertz CT molecular complexity index is 1080. The number of rotatable bonds is 6. The highest BCUT2D eigenvalue weighted by atomic mass is 16.4. The molecule has 3 amide bonds. The van der Waals surface area contributed by atoms with Crippen LogP contribution in [-0.4, -0.2) is 50.9 Å². The molecule has 2 heterocycles. The minimum Gasteiger partial charge on any atom is -0.481 e. The van der Waals surface area contributed by atoms with Gasteiger partial charge in [-0.25, -0.2) is 4.79 Å². The second-order valence-corrected chi connectivity index (χ2v) is 8.33. The van der Waals surface area contributed by atoms with Gasteiger partial charge in [-0.15, -0.1) is 0 Å². The fourth-order valence-corrected chi connectivity index (χ4v) is 4.17. The van der Waals surface area contributed by atoms with Crippen LogP contribution in [0.15, 0.2) is 27.8 Å². The molecule has 0 radical (unpaired) electrons. The smallest absolute Gasteiger partial charge is 0.325 e. The lowest BCUT2D eigenvalue weighted by atomic mass is 9.95. The number of aryl methyl sites for hydroxylation is 2. The summed E-state index contributed by atoms with van der Waals surface area (Å²) in [5.41, 5.74) is 1.46. The Balaban J connectivity index is 1.57. The first kappa shape index (κ1) is 19.9. The van der Waals surface area contributed by atoms with E-state index in [0.29, 0.717) is 11.1 Å². The summed E-state index contributed by atoms with van der Waals surface area (Å²) < 4.78 is 5.90. The summed E-state index contributed by atoms with van der Waals surface area (Å²) in [5, 5.41) is 26.0. The first-order valence-corrected chi connectivity index (χ1v) is 9.84. The fraction of sp³-hybridized carbons (Fsp3) is 0.429. The molecule has 1 aromatic carbocycles. The zero-order valence-electron chi connectivity index (χ0n) is 16.8. The van der Waals surface area contributed by atoms with Gasteiger partial charge in [0.1, 0.15) is 16.9 Å². The molecule has 1 atom stereocenters. The predicted octanol–water partition coefficient (Wildman–Crippen LogP) is 2.52. The number of carbonyl (C=O) groups excluding carboxylic acids is 2. The molecule has 9 heteroatoms. The molecule has 3 N–H and O–H groups in total. The molecule has 0 unspecified atom stereocenters. The number of carbonyl (C=O) groups is 3. The van der Waals surface area contributed by atoms with Gasteiger partial charge in [0, 0.05) is 35.9 Å². The molecule has 30 heavy (non-hydrogen) atoms. The van der Waals surface area contributed by atoms with Gasteiger partial charge >= 0.3 is 12.0 Å². The monoisotopic (exact) mass is 413 g/mol. The number of carboxylic acids is 1. The third-order valence-corrected chi connectivity index (χ3v) is 5.80. The molecular formula is C21H23N3O6. The first-order valence-electron chi connectivity index (χ1n) is 9.84. The van der Waals surface area contributed by atoms with Crippen LogP contribution < -0.4 is 5.32 Å². The maximum absolute atomic E-state index is 12.4. The van der Waals surface area contributed by atoms with Crippen molar-refractivity contribution in [2.24, 2.45) is 11.1 Å². The highest BCUT2D eigenvalue weighted by molar-refractivity contribution is 6.07. The number of aliphatic carboxylic acids is 1. The zero-order chi connectivity index (χ0) is 21.6. The zero-order valence-corrected chi connectivity index (χ0v) is 16.8. The van der Waals surface area contributed by atoms with Crippen LogP contribution in [0.3, 0.4) is 0 Å². The molecular weight excluding hydrogens is 390 g/mol. The van der Waals surface area contributed by atoms with Crippen LogP contribution in [0.1, 0.15) is 43.6 Å². The Hall–Kier alpha value is -3.36. The first-order chi connectivity index (χ1) is 14.2. The quantitative estimate of drug-likeness (QED) is 0.288. The van der Waals surface area contributed by atoms with Gasteiger partial charge in [0.25, 0.3) is 5.91 Å². The van der Waals surface area contributed by atoms with E-state index < -0.39 is 29.4 Å². The number of hydrogen-bond acceptors (Lipinski definition) is 6. The minimum absolute atomic E-state index is 0.146. The molecule has 1 fully saturated rings. The average molecular weight is 413 g/mol. The number of fused-ring (bicyclic) bond motifs is 3. The van der Waals surface area contributed by atoms with E-state index in [1.54, 1.807) is 26.0 Å². The van der Waals surface area contributed by atoms with Gasteiger partial charge < -0.3 is 20.0 Å². The summed E-state index contributed by atoms with van der Waals surface area (Å²) in [6.45, 7) is 2.79. The van der Waals surface area contributed by atoms with Crippen LogP contribution in [0.2, 0.25) is 0 Å². The van der Waals surface area contributed by atoms with Crippen molar-refractivity contribution in [1.82, 2.24) is 10.2 Å². The number of amides is 3. The van der Waals surface area contributed by atoms with Crippen molar-refractivity contribution in [2.75, 3.05) is 6.54 Å². The third-order valence-electron chi connectivity index (χ3n) is 5.80. The number of nitrogens with zero attached hydrogens (tertiary/aromatic N) is 2. The maximum atomic E-state index is 12.4. The number of carboxylic acid groups (broad SMARTS) is 1. The second-order valence-electron chi connectivity index (χ2n) is 8.33. The SMILES string of the molecule is CC1(C)NC(=O)N(C[C@@H](CC(=NO)c2ccc3c4c(oc3c2)CCC4)C(=O)O)C1=O. The number of hydrogen-bond donors (Lipinski definition) is 3. The van der Waals surface area contributed by atoms with E-state index in [4.69, 9.17) is 4.42 Å². The topological polar surface area (TPSA) is 132 Å². The number of nitrogens with one attached hydrogen (secondary N) is 1. The highest BCUT2D eigenvalue weighted by Gasteiger charge is 2.45. The van der Waals surface area contributed by atoms with Crippen LogP contribution in [0.5, 0.6) is 0 Å². The van der Waals surface area contributed by atoms with Crippen LogP contribution in [-0.2, 0) is 22.4 Å². The number of urea groups is 1. The molecule has 4 rings (SSSR count). The lowest BCUT2D eigenvalue weighted by Crippen LogP contribution is -2.42. The Morgan fingerprint density at radius 2 is 2.10 bits per heavy atom. The van der Waals surface area contributed by atoms with Crippen LogP contribution in [0.25, 0.3) is 11.0 Å². The number of benzene rings is 1. The Morgan fingerprint density at radius 1 is 1.33 bits per heavy atom. The summed E-state index contributed by atoms with van der Waals surface area (Å²) in [4.78, 5) is 37.2. The Kier molecular flexibility index (Phi) is 4.76. The van der Waals surface area contributed by atoms with Gasteiger partial charge in [0.05, 0.1) is 11.6 Å². The normalized spacial score (nSPS) is 19.3. The van der Waals surface area contributed by atoms with Crippen LogP contribution in [0, 0.1) is 5.92 Å². The predicted molar refractivity (Wildman–Crippen MR) is 107 cm³/mol. The van der Waals surface area contributed by atoms with Crippen molar-refractivity contribution in [3.05, 3.63) is 35.1 Å². The molecule has 158 valence electrons. The van der Waals surface area contributed by atoms with Crippen molar-refractivity contribution in [3.8, 4) is 0 Å². The van der Waals surface area contributed by atoms with Gasteiger partial charge in [0.2, 0.25) is 0 Å². The van der Waals surface area contributed by atoms with E-state index >= 15 is 0 Å². The molecule has 2 aromatic rings. The van der Waals surface area contributed by atoms with Gasteiger partial charge in [-0.2, -0.15) is 0 Å². The van der Waals surface area contributed by atoms with Gasteiger partial charge in [-0.05, 0) is 32.8 Å². The van der Waals surface area contributed by atoms with E-state index in [9.17, 15) is 24.7 Å². The standard InChI is InChI=1S/C21H23N3O6/c1-21(2)19(27)24(20(28)22-21)10-12(18(25)26)8-15(23-29)11-6-7-14-13-4-3-5-16(13)30-17(14)9-11/h6-7,9,12,29H,3-5,8,10H2,1-2H3,(H,22,28)(H,25,26)/t12-/m1/s1. The summed E-state index contributed by atoms with van der Waals surface area (Å²) in [6.07, 6.45) is 2.76. The van der Waals surface area contributed by atoms with Crippen LogP contribution in [0.4, 0.5) is 4.79 Å². The van der Waals surface area contributed by atoms with Gasteiger partial charge in [0.15, 0.2) is 0 Å². The lowest BCUT2D eigenvalue weighted by Gasteiger charge is -2.20. The average Bonchev–Trinajstić information content (AvgIpc) is 3.32. The van der Waals surface area contributed by atoms with E-state index in [1.165, 1.54) is 5.56 Å². The largest absolute Gasteiger partial charge is 0.481 e. The van der Waals surface area contributed by atoms with Crippen molar-refractivity contribution in [3.63, 3.8) is 0 Å². The minimum atomic E-state index is -1.19. The summed E-state index contributed by atoms with van der Waals surface area (Å²) >= 11 is 0. The van der Waals surface area contributed by atoms with Crippen LogP contribution >= 0.6 is 0 Å². The van der Waals surface area contributed by atoms with Crippen molar-refractivity contribution in [2.45, 2.75) is 45.1 Å². The number of imide groups is 1. The van der Waals surface area contributed by atoms with Crippen molar-refractivity contribution >= 4 is 34.6 Å².